The zero-order valence-electron chi connectivity index (χ0n) is 9.79. The van der Waals surface area contributed by atoms with E-state index in [9.17, 15) is 9.59 Å². The lowest BCUT2D eigenvalue weighted by molar-refractivity contribution is -0.141. The minimum atomic E-state index is -0.262. The SMILES string of the molecule is C/C=C\C(CC(=O)CCC)CC(=O)OC. The van der Waals surface area contributed by atoms with Crippen molar-refractivity contribution in [2.45, 2.75) is 39.5 Å². The molecule has 0 N–H and O–H groups in total. The van der Waals surface area contributed by atoms with E-state index in [1.807, 2.05) is 26.0 Å². The Kier molecular flexibility index (Phi) is 7.60. The molecule has 0 bridgehead atoms. The third-order valence-electron chi connectivity index (χ3n) is 2.14. The van der Waals surface area contributed by atoms with Gasteiger partial charge in [-0.3, -0.25) is 9.59 Å². The lowest BCUT2D eigenvalue weighted by Crippen LogP contribution is -2.12. The molecule has 0 rings (SSSR count). The van der Waals surface area contributed by atoms with E-state index in [0.717, 1.165) is 6.42 Å². The second-order valence-corrected chi connectivity index (χ2v) is 3.56. The zero-order valence-corrected chi connectivity index (χ0v) is 9.79. The predicted octanol–water partition coefficient (Wildman–Crippen LogP) is 2.50. The molecule has 3 nitrogen and oxygen atoms in total. The Morgan fingerprint density at radius 1 is 1.33 bits per heavy atom. The molecule has 1 atom stereocenters. The summed E-state index contributed by atoms with van der Waals surface area (Å²) in [6.45, 7) is 3.86. The normalized spacial score (nSPS) is 12.7. The molecule has 0 aliphatic rings. The molecule has 0 aromatic carbocycles. The second kappa shape index (κ2) is 8.21. The Morgan fingerprint density at radius 2 is 2.00 bits per heavy atom. The molecule has 0 amide bonds. The van der Waals surface area contributed by atoms with E-state index in [4.69, 9.17) is 0 Å². The van der Waals surface area contributed by atoms with Crippen molar-refractivity contribution in [2.24, 2.45) is 5.92 Å². The van der Waals surface area contributed by atoms with Gasteiger partial charge in [0, 0.05) is 12.8 Å². The van der Waals surface area contributed by atoms with Crippen molar-refractivity contribution in [3.8, 4) is 0 Å². The van der Waals surface area contributed by atoms with Crippen molar-refractivity contribution >= 4 is 11.8 Å². The fraction of sp³-hybridized carbons (Fsp3) is 0.667. The van der Waals surface area contributed by atoms with Crippen LogP contribution in [0.25, 0.3) is 0 Å². The fourth-order valence-corrected chi connectivity index (χ4v) is 1.45. The molecule has 0 saturated heterocycles. The van der Waals surface area contributed by atoms with Crippen LogP contribution in [0.5, 0.6) is 0 Å². The number of carbonyl (C=O) groups excluding carboxylic acids is 2. The van der Waals surface area contributed by atoms with Gasteiger partial charge in [0.2, 0.25) is 0 Å². The van der Waals surface area contributed by atoms with Crippen LogP contribution in [0, 0.1) is 5.92 Å². The molecule has 0 aliphatic carbocycles. The number of hydrogen-bond acceptors (Lipinski definition) is 3. The van der Waals surface area contributed by atoms with Crippen LogP contribution >= 0.6 is 0 Å². The van der Waals surface area contributed by atoms with Crippen LogP contribution in [0.15, 0.2) is 12.2 Å². The molecule has 15 heavy (non-hydrogen) atoms. The minimum Gasteiger partial charge on any atom is -0.469 e. The number of hydrogen-bond donors (Lipinski definition) is 0. The fourth-order valence-electron chi connectivity index (χ4n) is 1.45. The average molecular weight is 212 g/mol. The molecule has 0 aromatic rings. The Morgan fingerprint density at radius 3 is 2.47 bits per heavy atom. The van der Waals surface area contributed by atoms with Crippen LogP contribution in [0.2, 0.25) is 0 Å². The highest BCUT2D eigenvalue weighted by atomic mass is 16.5. The van der Waals surface area contributed by atoms with Gasteiger partial charge in [-0.05, 0) is 19.3 Å². The molecule has 0 saturated carbocycles. The van der Waals surface area contributed by atoms with Crippen LogP contribution in [-0.2, 0) is 14.3 Å². The topological polar surface area (TPSA) is 43.4 Å². The molecule has 0 heterocycles. The van der Waals surface area contributed by atoms with E-state index < -0.39 is 0 Å². The summed E-state index contributed by atoms with van der Waals surface area (Å²) in [5, 5.41) is 0. The summed E-state index contributed by atoms with van der Waals surface area (Å²) in [5.41, 5.74) is 0. The second-order valence-electron chi connectivity index (χ2n) is 3.56. The molecular weight excluding hydrogens is 192 g/mol. The average Bonchev–Trinajstić information content (AvgIpc) is 2.18. The predicted molar refractivity (Wildman–Crippen MR) is 59.5 cm³/mol. The summed E-state index contributed by atoms with van der Waals surface area (Å²) in [7, 11) is 1.36. The van der Waals surface area contributed by atoms with Gasteiger partial charge in [-0.1, -0.05) is 19.1 Å². The number of esters is 1. The highest BCUT2D eigenvalue weighted by Crippen LogP contribution is 2.13. The number of rotatable bonds is 7. The van der Waals surface area contributed by atoms with Gasteiger partial charge < -0.3 is 4.74 Å². The van der Waals surface area contributed by atoms with E-state index >= 15 is 0 Å². The van der Waals surface area contributed by atoms with Crippen LogP contribution in [0.3, 0.4) is 0 Å². The highest BCUT2D eigenvalue weighted by molar-refractivity contribution is 5.79. The molecule has 0 radical (unpaired) electrons. The minimum absolute atomic E-state index is 0.0125. The summed E-state index contributed by atoms with van der Waals surface area (Å²) in [6.07, 6.45) is 5.94. The number of ether oxygens (including phenoxy) is 1. The van der Waals surface area contributed by atoms with Crippen molar-refractivity contribution < 1.29 is 14.3 Å². The van der Waals surface area contributed by atoms with Gasteiger partial charge in [0.15, 0.2) is 0 Å². The van der Waals surface area contributed by atoms with Gasteiger partial charge in [-0.25, -0.2) is 0 Å². The Hall–Kier alpha value is -1.12. The number of methoxy groups -OCH3 is 1. The van der Waals surface area contributed by atoms with Gasteiger partial charge in [0.1, 0.15) is 5.78 Å². The first-order valence-corrected chi connectivity index (χ1v) is 5.35. The van der Waals surface area contributed by atoms with Crippen molar-refractivity contribution in [3.05, 3.63) is 12.2 Å². The van der Waals surface area contributed by atoms with Crippen molar-refractivity contribution in [1.29, 1.82) is 0 Å². The lowest BCUT2D eigenvalue weighted by Gasteiger charge is -2.09. The summed E-state index contributed by atoms with van der Waals surface area (Å²) in [4.78, 5) is 22.5. The third kappa shape index (κ3) is 6.89. The first kappa shape index (κ1) is 13.9. The summed E-state index contributed by atoms with van der Waals surface area (Å²) >= 11 is 0. The van der Waals surface area contributed by atoms with Gasteiger partial charge >= 0.3 is 5.97 Å². The first-order valence-electron chi connectivity index (χ1n) is 5.35. The number of allylic oxidation sites excluding steroid dienone is 2. The van der Waals surface area contributed by atoms with Crippen LogP contribution in [0.1, 0.15) is 39.5 Å². The molecule has 0 aliphatic heterocycles. The number of Topliss-reactive ketones (excluding diaryl/α,β-unsaturated/α-hetero) is 1. The zero-order chi connectivity index (χ0) is 11.7. The quantitative estimate of drug-likeness (QED) is 0.481. The van der Waals surface area contributed by atoms with Crippen molar-refractivity contribution in [2.75, 3.05) is 7.11 Å². The molecule has 1 unspecified atom stereocenters. The van der Waals surface area contributed by atoms with E-state index in [-0.39, 0.29) is 24.1 Å². The van der Waals surface area contributed by atoms with E-state index in [1.54, 1.807) is 0 Å². The van der Waals surface area contributed by atoms with Gasteiger partial charge in [-0.2, -0.15) is 0 Å². The van der Waals surface area contributed by atoms with Crippen LogP contribution in [0.4, 0.5) is 0 Å². The van der Waals surface area contributed by atoms with E-state index in [2.05, 4.69) is 4.74 Å². The van der Waals surface area contributed by atoms with Crippen molar-refractivity contribution in [3.63, 3.8) is 0 Å². The highest BCUT2D eigenvalue weighted by Gasteiger charge is 2.14. The first-order chi connectivity index (χ1) is 7.13. The smallest absolute Gasteiger partial charge is 0.306 e. The molecule has 3 heteroatoms. The number of ketones is 1. The largest absolute Gasteiger partial charge is 0.469 e. The van der Waals surface area contributed by atoms with Gasteiger partial charge in [0.05, 0.1) is 13.5 Å². The Balaban J connectivity index is 4.15. The maximum Gasteiger partial charge on any atom is 0.306 e. The van der Waals surface area contributed by atoms with E-state index in [0.29, 0.717) is 12.8 Å². The summed E-state index contributed by atoms with van der Waals surface area (Å²) in [6, 6.07) is 0. The summed E-state index contributed by atoms with van der Waals surface area (Å²) in [5.74, 6) is -0.0617. The standard InChI is InChI=1S/C12H20O3/c1-4-6-10(9-12(14)15-3)8-11(13)7-5-2/h4,6,10H,5,7-9H2,1-3H3/b6-4-. The molecule has 0 fully saturated rings. The maximum absolute atomic E-state index is 11.4. The Labute approximate surface area is 91.5 Å². The van der Waals surface area contributed by atoms with Crippen molar-refractivity contribution in [1.82, 2.24) is 0 Å². The van der Waals surface area contributed by atoms with Gasteiger partial charge in [-0.15, -0.1) is 0 Å². The molecule has 0 aromatic heterocycles. The van der Waals surface area contributed by atoms with E-state index in [1.165, 1.54) is 7.11 Å². The summed E-state index contributed by atoms with van der Waals surface area (Å²) < 4.78 is 4.58. The van der Waals surface area contributed by atoms with Gasteiger partial charge in [0.25, 0.3) is 0 Å². The molecule has 86 valence electrons. The molecule has 0 spiro atoms. The molecular formula is C12H20O3. The monoisotopic (exact) mass is 212 g/mol. The Bertz CT molecular complexity index is 231. The van der Waals surface area contributed by atoms with Crippen LogP contribution in [-0.4, -0.2) is 18.9 Å². The third-order valence-corrected chi connectivity index (χ3v) is 2.14. The van der Waals surface area contributed by atoms with Crippen LogP contribution < -0.4 is 0 Å². The lowest BCUT2D eigenvalue weighted by atomic mass is 9.96. The number of carbonyl (C=O) groups is 2. The maximum atomic E-state index is 11.4.